The predicted octanol–water partition coefficient (Wildman–Crippen LogP) is 6.09. The Morgan fingerprint density at radius 3 is 2.34 bits per heavy atom. The number of carbonyl (C=O) groups excluding carboxylic acids is 1. The number of benzene rings is 2. The van der Waals surface area contributed by atoms with Crippen LogP contribution >= 0.6 is 0 Å². The predicted molar refractivity (Wildman–Crippen MR) is 127 cm³/mol. The second-order valence-corrected chi connectivity index (χ2v) is 8.63. The topological polar surface area (TPSA) is 67.9 Å². The lowest BCUT2D eigenvalue weighted by Crippen LogP contribution is -2.27. The molecule has 0 amide bonds. The summed E-state index contributed by atoms with van der Waals surface area (Å²) in [4.78, 5) is 15.6. The minimum atomic E-state index is -0.229. The van der Waals surface area contributed by atoms with Crippen LogP contribution in [-0.2, 0) is 5.41 Å². The number of allylic oxidation sites excluding steroid dienone is 6. The van der Waals surface area contributed by atoms with Crippen LogP contribution in [0.15, 0.2) is 77.5 Å². The lowest BCUT2D eigenvalue weighted by Gasteiger charge is -2.27. The number of Topliss-reactive ketones (excluding diaryl/α,β-unsaturated/α-hetero) is 1. The first-order chi connectivity index (χ1) is 15.5. The van der Waals surface area contributed by atoms with E-state index < -0.39 is 0 Å². The van der Waals surface area contributed by atoms with E-state index >= 15 is 0 Å². The summed E-state index contributed by atoms with van der Waals surface area (Å²) in [6.45, 7) is 7.46. The first-order valence-electron chi connectivity index (χ1n) is 10.9. The van der Waals surface area contributed by atoms with Crippen molar-refractivity contribution < 1.29 is 4.79 Å². The second-order valence-electron chi connectivity index (χ2n) is 8.63. The summed E-state index contributed by atoms with van der Waals surface area (Å²) in [5.74, 6) is -0.149. The van der Waals surface area contributed by atoms with Crippen molar-refractivity contribution in [1.82, 2.24) is 0 Å². The summed E-state index contributed by atoms with van der Waals surface area (Å²) >= 11 is 0. The molecule has 0 saturated heterocycles. The van der Waals surface area contributed by atoms with Crippen LogP contribution in [0.5, 0.6) is 0 Å². The van der Waals surface area contributed by atoms with Crippen LogP contribution in [0.1, 0.15) is 55.1 Å². The quantitative estimate of drug-likeness (QED) is 0.444. The SMILES string of the molecule is CCCCN1C(=CC=C2C(=O)c3ccccc3C2=C(C#N)C#N)C(C)(C)c2ccccc21. The molecule has 1 aliphatic carbocycles. The Morgan fingerprint density at radius 1 is 1.00 bits per heavy atom. The normalized spacial score (nSPS) is 18.5. The first kappa shape index (κ1) is 21.3. The van der Waals surface area contributed by atoms with Gasteiger partial charge < -0.3 is 4.90 Å². The third-order valence-corrected chi connectivity index (χ3v) is 6.37. The van der Waals surface area contributed by atoms with Crippen LogP contribution in [0.2, 0.25) is 0 Å². The maximum atomic E-state index is 13.2. The van der Waals surface area contributed by atoms with E-state index in [0.29, 0.717) is 22.3 Å². The number of unbranched alkanes of at least 4 members (excludes halogenated alkanes) is 1. The second kappa shape index (κ2) is 8.33. The fourth-order valence-corrected chi connectivity index (χ4v) is 4.73. The van der Waals surface area contributed by atoms with Crippen molar-refractivity contribution >= 4 is 17.0 Å². The minimum Gasteiger partial charge on any atom is -0.344 e. The number of rotatable bonds is 4. The summed E-state index contributed by atoms with van der Waals surface area (Å²) < 4.78 is 0. The van der Waals surface area contributed by atoms with Gasteiger partial charge in [-0.15, -0.1) is 0 Å². The summed E-state index contributed by atoms with van der Waals surface area (Å²) in [7, 11) is 0. The van der Waals surface area contributed by atoms with Crippen molar-refractivity contribution in [2.75, 3.05) is 11.4 Å². The molecule has 0 saturated carbocycles. The largest absolute Gasteiger partial charge is 0.344 e. The van der Waals surface area contributed by atoms with Gasteiger partial charge in [-0.1, -0.05) is 69.7 Å². The molecule has 2 aliphatic rings. The number of carbonyl (C=O) groups is 1. The van der Waals surface area contributed by atoms with Crippen LogP contribution in [0, 0.1) is 22.7 Å². The number of hydrogen-bond acceptors (Lipinski definition) is 4. The molecule has 2 aromatic rings. The number of nitrogens with zero attached hydrogens (tertiary/aromatic N) is 3. The van der Waals surface area contributed by atoms with E-state index in [9.17, 15) is 15.3 Å². The van der Waals surface area contributed by atoms with Crippen molar-refractivity contribution in [3.63, 3.8) is 0 Å². The standard InChI is InChI=1S/C28H25N3O/c1-4-5-16-31-24-13-9-8-12-23(24)28(2,3)25(31)15-14-22-26(19(17-29)18-30)20-10-6-7-11-21(20)27(22)32/h6-15H,4-5,16H2,1-3H3. The molecule has 1 heterocycles. The Kier molecular flexibility index (Phi) is 5.56. The van der Waals surface area contributed by atoms with E-state index in [1.165, 1.54) is 11.3 Å². The van der Waals surface area contributed by atoms with E-state index in [-0.39, 0.29) is 16.8 Å². The third-order valence-electron chi connectivity index (χ3n) is 6.37. The van der Waals surface area contributed by atoms with Crippen molar-refractivity contribution in [2.24, 2.45) is 0 Å². The Bertz CT molecular complexity index is 1260. The van der Waals surface area contributed by atoms with Gasteiger partial charge in [-0.3, -0.25) is 4.79 Å². The van der Waals surface area contributed by atoms with Gasteiger partial charge in [0, 0.05) is 40.1 Å². The molecule has 0 radical (unpaired) electrons. The zero-order chi connectivity index (χ0) is 22.9. The molecule has 4 rings (SSSR count). The number of fused-ring (bicyclic) bond motifs is 2. The van der Waals surface area contributed by atoms with Crippen molar-refractivity contribution in [2.45, 2.75) is 39.0 Å². The van der Waals surface area contributed by atoms with Gasteiger partial charge in [-0.05, 0) is 35.8 Å². The monoisotopic (exact) mass is 419 g/mol. The molecule has 0 aromatic heterocycles. The van der Waals surface area contributed by atoms with Crippen LogP contribution < -0.4 is 4.90 Å². The number of para-hydroxylation sites is 1. The molecule has 2 aromatic carbocycles. The average Bonchev–Trinajstić information content (AvgIpc) is 3.20. The van der Waals surface area contributed by atoms with Gasteiger partial charge in [0.1, 0.15) is 17.7 Å². The van der Waals surface area contributed by atoms with Crippen molar-refractivity contribution in [3.8, 4) is 12.1 Å². The summed E-state index contributed by atoms with van der Waals surface area (Å²) in [6, 6.07) is 19.5. The smallest absolute Gasteiger partial charge is 0.194 e. The van der Waals surface area contributed by atoms with Crippen molar-refractivity contribution in [1.29, 1.82) is 10.5 Å². The Hall–Kier alpha value is -3.89. The van der Waals surface area contributed by atoms with Gasteiger partial charge in [-0.2, -0.15) is 10.5 Å². The molecule has 0 bridgehead atoms. The highest BCUT2D eigenvalue weighted by Gasteiger charge is 2.39. The molecule has 0 fully saturated rings. The molecular weight excluding hydrogens is 394 g/mol. The van der Waals surface area contributed by atoms with Crippen LogP contribution in [0.25, 0.3) is 5.57 Å². The molecule has 4 heteroatoms. The summed E-state index contributed by atoms with van der Waals surface area (Å²) in [5, 5.41) is 19.1. The van der Waals surface area contributed by atoms with Gasteiger partial charge in [0.05, 0.1) is 0 Å². The highest BCUT2D eigenvalue weighted by atomic mass is 16.1. The summed E-state index contributed by atoms with van der Waals surface area (Å²) in [5.41, 5.74) is 5.31. The van der Waals surface area contributed by atoms with Crippen molar-refractivity contribution in [3.05, 3.63) is 94.2 Å². The summed E-state index contributed by atoms with van der Waals surface area (Å²) in [6.07, 6.45) is 5.94. The van der Waals surface area contributed by atoms with Gasteiger partial charge in [0.2, 0.25) is 0 Å². The number of hydrogen-bond donors (Lipinski definition) is 0. The highest BCUT2D eigenvalue weighted by Crippen LogP contribution is 2.48. The van der Waals surface area contributed by atoms with E-state index in [2.05, 4.69) is 49.9 Å². The molecule has 32 heavy (non-hydrogen) atoms. The minimum absolute atomic E-state index is 0.0373. The number of ketones is 1. The first-order valence-corrected chi connectivity index (χ1v) is 10.9. The number of nitriles is 2. The fraction of sp³-hybridized carbons (Fsp3) is 0.250. The van der Waals surface area contributed by atoms with E-state index in [1.54, 1.807) is 24.3 Å². The van der Waals surface area contributed by atoms with Crippen LogP contribution in [0.3, 0.4) is 0 Å². The molecule has 0 atom stereocenters. The highest BCUT2D eigenvalue weighted by molar-refractivity contribution is 6.27. The molecule has 158 valence electrons. The Balaban J connectivity index is 1.89. The molecule has 0 unspecified atom stereocenters. The maximum Gasteiger partial charge on any atom is 0.194 e. The van der Waals surface area contributed by atoms with Gasteiger partial charge in [0.15, 0.2) is 5.78 Å². The van der Waals surface area contributed by atoms with Gasteiger partial charge in [0.25, 0.3) is 0 Å². The zero-order valence-electron chi connectivity index (χ0n) is 18.6. The van der Waals surface area contributed by atoms with Crippen LogP contribution in [-0.4, -0.2) is 12.3 Å². The Labute approximate surface area is 189 Å². The molecule has 0 N–H and O–H groups in total. The lowest BCUT2D eigenvalue weighted by atomic mass is 9.83. The molecule has 1 aliphatic heterocycles. The lowest BCUT2D eigenvalue weighted by molar-refractivity contribution is 0.104. The van der Waals surface area contributed by atoms with Crippen LogP contribution in [0.4, 0.5) is 5.69 Å². The fourth-order valence-electron chi connectivity index (χ4n) is 4.73. The molecule has 4 nitrogen and oxygen atoms in total. The molecular formula is C28H25N3O. The maximum absolute atomic E-state index is 13.2. The number of anilines is 1. The zero-order valence-corrected chi connectivity index (χ0v) is 18.6. The third kappa shape index (κ3) is 3.26. The Morgan fingerprint density at radius 2 is 1.66 bits per heavy atom. The van der Waals surface area contributed by atoms with E-state index in [1.807, 2.05) is 24.3 Å². The van der Waals surface area contributed by atoms with Gasteiger partial charge >= 0.3 is 0 Å². The van der Waals surface area contributed by atoms with Gasteiger partial charge in [-0.25, -0.2) is 0 Å². The van der Waals surface area contributed by atoms with E-state index in [0.717, 1.165) is 25.1 Å². The molecule has 0 spiro atoms. The van der Waals surface area contributed by atoms with E-state index in [4.69, 9.17) is 0 Å². The average molecular weight is 420 g/mol.